The predicted octanol–water partition coefficient (Wildman–Crippen LogP) is 1.33. The number of hydrogen-bond donors (Lipinski definition) is 2. The van der Waals surface area contributed by atoms with Gasteiger partial charge in [0.2, 0.25) is 0 Å². The van der Waals surface area contributed by atoms with Gasteiger partial charge in [-0.15, -0.1) is 0 Å². The number of hydrogen-bond acceptors (Lipinski definition) is 5. The molecule has 108 valence electrons. The number of benzene rings is 1. The van der Waals surface area contributed by atoms with Crippen LogP contribution in [0.4, 0.5) is 16.3 Å². The van der Waals surface area contributed by atoms with E-state index in [2.05, 4.69) is 15.4 Å². The molecule has 2 aromatic rings. The molecule has 0 bridgehead atoms. The van der Waals surface area contributed by atoms with Crippen molar-refractivity contribution in [3.8, 4) is 0 Å². The molecule has 0 unspecified atom stereocenters. The van der Waals surface area contributed by atoms with E-state index in [1.54, 1.807) is 29.2 Å². The number of nitrogens with one attached hydrogen (secondary N) is 1. The Balaban J connectivity index is 1.90. The van der Waals surface area contributed by atoms with Gasteiger partial charge in [0.15, 0.2) is 5.82 Å². The number of anilines is 2. The summed E-state index contributed by atoms with van der Waals surface area (Å²) in [5.74, 6) is 5.75. The molecule has 1 aromatic carbocycles. The molecule has 0 saturated carbocycles. The zero-order chi connectivity index (χ0) is 14.8. The molecule has 0 fully saturated rings. The van der Waals surface area contributed by atoms with Gasteiger partial charge in [-0.05, 0) is 11.6 Å². The van der Waals surface area contributed by atoms with Crippen molar-refractivity contribution in [3.63, 3.8) is 0 Å². The van der Waals surface area contributed by atoms with Crippen molar-refractivity contribution in [2.75, 3.05) is 17.4 Å². The summed E-state index contributed by atoms with van der Waals surface area (Å²) in [6.07, 6.45) is 3.15. The smallest absolute Gasteiger partial charge is 0.323 e. The lowest BCUT2D eigenvalue weighted by atomic mass is 10.1. The molecular weight excluding hydrogens is 268 g/mol. The second kappa shape index (κ2) is 5.37. The Hall–Kier alpha value is -2.67. The first-order valence-electron chi connectivity index (χ1n) is 6.57. The summed E-state index contributed by atoms with van der Waals surface area (Å²) in [6, 6.07) is 7.83. The fourth-order valence-corrected chi connectivity index (χ4v) is 2.37. The third-order valence-electron chi connectivity index (χ3n) is 3.42. The molecular formula is C14H16N6O. The Morgan fingerprint density at radius 2 is 2.10 bits per heavy atom. The van der Waals surface area contributed by atoms with E-state index in [-0.39, 0.29) is 6.03 Å². The van der Waals surface area contributed by atoms with Crippen LogP contribution in [-0.4, -0.2) is 27.9 Å². The van der Waals surface area contributed by atoms with Crippen molar-refractivity contribution in [3.05, 3.63) is 47.9 Å². The van der Waals surface area contributed by atoms with Crippen LogP contribution in [-0.2, 0) is 13.1 Å². The number of nitrogens with zero attached hydrogens (tertiary/aromatic N) is 4. The Morgan fingerprint density at radius 3 is 2.81 bits per heavy atom. The van der Waals surface area contributed by atoms with Gasteiger partial charge in [0.25, 0.3) is 0 Å². The Kier molecular flexibility index (Phi) is 3.41. The molecule has 0 aliphatic carbocycles. The van der Waals surface area contributed by atoms with Crippen molar-refractivity contribution in [2.24, 2.45) is 5.84 Å². The second-order valence-electron chi connectivity index (χ2n) is 4.89. The number of urea groups is 1. The number of carbonyl (C=O) groups excluding carboxylic acids is 1. The molecule has 3 N–H and O–H groups in total. The number of rotatable bonds is 3. The van der Waals surface area contributed by atoms with Crippen molar-refractivity contribution in [1.29, 1.82) is 0 Å². The third-order valence-corrected chi connectivity index (χ3v) is 3.42. The van der Waals surface area contributed by atoms with Crippen molar-refractivity contribution in [1.82, 2.24) is 14.9 Å². The Morgan fingerprint density at radius 1 is 1.29 bits per heavy atom. The first-order chi connectivity index (χ1) is 10.2. The average molecular weight is 284 g/mol. The van der Waals surface area contributed by atoms with Crippen LogP contribution in [0.2, 0.25) is 0 Å². The summed E-state index contributed by atoms with van der Waals surface area (Å²) in [4.78, 5) is 24.2. The van der Waals surface area contributed by atoms with Gasteiger partial charge < -0.3 is 10.3 Å². The summed E-state index contributed by atoms with van der Waals surface area (Å²) in [7, 11) is 1.79. The van der Waals surface area contributed by atoms with E-state index in [0.29, 0.717) is 24.6 Å². The maximum atomic E-state index is 12.4. The van der Waals surface area contributed by atoms with Gasteiger partial charge in [-0.25, -0.2) is 15.6 Å². The number of fused-ring (bicyclic) bond motifs is 1. The molecule has 0 saturated heterocycles. The molecule has 1 aliphatic rings. The molecule has 7 heteroatoms. The third kappa shape index (κ3) is 2.50. The molecule has 1 aliphatic heterocycles. The van der Waals surface area contributed by atoms with Crippen LogP contribution < -0.4 is 16.2 Å². The van der Waals surface area contributed by atoms with Crippen LogP contribution >= 0.6 is 0 Å². The zero-order valence-corrected chi connectivity index (χ0v) is 11.7. The average Bonchev–Trinajstić information content (AvgIpc) is 2.52. The first kappa shape index (κ1) is 13.3. The molecule has 0 atom stereocenters. The number of para-hydroxylation sites is 1. The van der Waals surface area contributed by atoms with Gasteiger partial charge in [0.05, 0.1) is 30.3 Å². The summed E-state index contributed by atoms with van der Waals surface area (Å²) < 4.78 is 0. The van der Waals surface area contributed by atoms with Crippen molar-refractivity contribution in [2.45, 2.75) is 13.1 Å². The molecule has 1 aromatic heterocycles. The maximum Gasteiger partial charge on any atom is 0.324 e. The minimum absolute atomic E-state index is 0.0449. The van der Waals surface area contributed by atoms with Crippen molar-refractivity contribution < 1.29 is 4.79 Å². The van der Waals surface area contributed by atoms with Crippen molar-refractivity contribution >= 4 is 17.5 Å². The minimum Gasteiger partial charge on any atom is -0.323 e. The van der Waals surface area contributed by atoms with E-state index in [1.807, 2.05) is 24.3 Å². The van der Waals surface area contributed by atoms with Crippen LogP contribution in [0, 0.1) is 0 Å². The second-order valence-corrected chi connectivity index (χ2v) is 4.89. The van der Waals surface area contributed by atoms with E-state index in [9.17, 15) is 4.79 Å². The first-order valence-corrected chi connectivity index (χ1v) is 6.57. The van der Waals surface area contributed by atoms with E-state index in [1.165, 1.54) is 0 Å². The van der Waals surface area contributed by atoms with Crippen LogP contribution in [0.15, 0.2) is 36.7 Å². The predicted molar refractivity (Wildman–Crippen MR) is 79.3 cm³/mol. The van der Waals surface area contributed by atoms with Gasteiger partial charge in [-0.3, -0.25) is 9.88 Å². The van der Waals surface area contributed by atoms with Gasteiger partial charge in [-0.1, -0.05) is 18.2 Å². The quantitative estimate of drug-likeness (QED) is 0.656. The fourth-order valence-electron chi connectivity index (χ4n) is 2.37. The highest BCUT2D eigenvalue weighted by Gasteiger charge is 2.27. The summed E-state index contributed by atoms with van der Waals surface area (Å²) in [5, 5.41) is 0. The van der Waals surface area contributed by atoms with E-state index in [0.717, 1.165) is 11.3 Å². The normalized spacial score (nSPS) is 14.1. The van der Waals surface area contributed by atoms with Crippen LogP contribution in [0.3, 0.4) is 0 Å². The summed E-state index contributed by atoms with van der Waals surface area (Å²) in [5.41, 5.74) is 5.17. The number of amides is 2. The molecule has 0 radical (unpaired) electrons. The Bertz CT molecular complexity index is 657. The lowest BCUT2D eigenvalue weighted by Gasteiger charge is -2.34. The highest BCUT2D eigenvalue weighted by Crippen LogP contribution is 2.28. The lowest BCUT2D eigenvalue weighted by Crippen LogP contribution is -2.44. The number of aromatic nitrogens is 2. The zero-order valence-electron chi connectivity index (χ0n) is 11.7. The summed E-state index contributed by atoms with van der Waals surface area (Å²) >= 11 is 0. The molecule has 3 rings (SSSR count). The molecule has 0 spiro atoms. The largest absolute Gasteiger partial charge is 0.324 e. The van der Waals surface area contributed by atoms with Gasteiger partial charge in [0, 0.05) is 13.6 Å². The van der Waals surface area contributed by atoms with E-state index < -0.39 is 0 Å². The van der Waals surface area contributed by atoms with Crippen LogP contribution in [0.25, 0.3) is 0 Å². The highest BCUT2D eigenvalue weighted by molar-refractivity contribution is 5.94. The van der Waals surface area contributed by atoms with E-state index >= 15 is 0 Å². The number of carbonyl (C=O) groups is 1. The molecule has 2 heterocycles. The SMILES string of the molecule is CN1Cc2ccccc2N(Cc2cnc(NN)cn2)C1=O. The number of hydrazine groups is 1. The van der Waals surface area contributed by atoms with Crippen LogP contribution in [0.5, 0.6) is 0 Å². The number of nitrogens with two attached hydrogens (primary N) is 1. The summed E-state index contributed by atoms with van der Waals surface area (Å²) in [6.45, 7) is 0.991. The topological polar surface area (TPSA) is 87.4 Å². The van der Waals surface area contributed by atoms with Gasteiger partial charge in [-0.2, -0.15) is 0 Å². The van der Waals surface area contributed by atoms with Gasteiger partial charge >= 0.3 is 6.03 Å². The van der Waals surface area contributed by atoms with E-state index in [4.69, 9.17) is 5.84 Å². The van der Waals surface area contributed by atoms with Gasteiger partial charge in [0.1, 0.15) is 0 Å². The maximum absolute atomic E-state index is 12.4. The lowest BCUT2D eigenvalue weighted by molar-refractivity contribution is 0.210. The Labute approximate surface area is 122 Å². The fraction of sp³-hybridized carbons (Fsp3) is 0.214. The molecule has 2 amide bonds. The van der Waals surface area contributed by atoms with Crippen LogP contribution in [0.1, 0.15) is 11.3 Å². The molecule has 21 heavy (non-hydrogen) atoms. The number of nitrogen functional groups attached to an aromatic ring is 1. The minimum atomic E-state index is -0.0449. The molecule has 7 nitrogen and oxygen atoms in total. The standard InChI is InChI=1S/C14H16N6O/c1-19-8-10-4-2-3-5-12(10)20(14(19)21)9-11-6-17-13(18-15)7-16-11/h2-7H,8-9,15H2,1H3,(H,17,18). The monoisotopic (exact) mass is 284 g/mol. The highest BCUT2D eigenvalue weighted by atomic mass is 16.2.